The van der Waals surface area contributed by atoms with Crippen molar-refractivity contribution in [3.8, 4) is 0 Å². The van der Waals surface area contributed by atoms with E-state index in [9.17, 15) is 14.0 Å². The van der Waals surface area contributed by atoms with Gasteiger partial charge in [0, 0.05) is 32.7 Å². The number of hydrogen-bond donors (Lipinski definition) is 1. The molecule has 6 nitrogen and oxygen atoms in total. The fraction of sp³-hybridized carbons (Fsp3) is 0.529. The summed E-state index contributed by atoms with van der Waals surface area (Å²) in [5, 5.41) is 3.15. The molecule has 1 N–H and O–H groups in total. The number of benzene rings is 1. The van der Waals surface area contributed by atoms with Crippen LogP contribution in [0.25, 0.3) is 0 Å². The number of rotatable bonds is 3. The van der Waals surface area contributed by atoms with Crippen molar-refractivity contribution >= 4 is 24.2 Å². The molecular weight excluding hydrogens is 349 g/mol. The number of ether oxygens (including phenoxy) is 1. The van der Waals surface area contributed by atoms with E-state index in [-0.39, 0.29) is 42.5 Å². The fourth-order valence-electron chi connectivity index (χ4n) is 3.04. The van der Waals surface area contributed by atoms with Gasteiger partial charge in [0.15, 0.2) is 0 Å². The summed E-state index contributed by atoms with van der Waals surface area (Å²) in [6.07, 6.45) is 0.0542. The van der Waals surface area contributed by atoms with Crippen molar-refractivity contribution < 1.29 is 18.7 Å². The van der Waals surface area contributed by atoms with Crippen LogP contribution in [0.5, 0.6) is 0 Å². The number of nitrogens with zero attached hydrogens (tertiary/aromatic N) is 2. The lowest BCUT2D eigenvalue weighted by Crippen LogP contribution is -2.57. The smallest absolute Gasteiger partial charge is 0.242 e. The van der Waals surface area contributed by atoms with E-state index in [4.69, 9.17) is 4.74 Å². The first-order chi connectivity index (χ1) is 11.6. The zero-order chi connectivity index (χ0) is 16.9. The van der Waals surface area contributed by atoms with Crippen molar-refractivity contribution in [2.75, 3.05) is 45.9 Å². The first-order valence-corrected chi connectivity index (χ1v) is 8.26. The molecule has 3 rings (SSSR count). The lowest BCUT2D eigenvalue weighted by atomic mass is 10.1. The van der Waals surface area contributed by atoms with Crippen LogP contribution in [-0.2, 0) is 20.7 Å². The lowest BCUT2D eigenvalue weighted by Gasteiger charge is -2.37. The summed E-state index contributed by atoms with van der Waals surface area (Å²) >= 11 is 0. The number of piperazine rings is 1. The van der Waals surface area contributed by atoms with Crippen LogP contribution in [0.1, 0.15) is 5.56 Å². The van der Waals surface area contributed by atoms with Crippen LogP contribution in [-0.4, -0.2) is 73.6 Å². The largest absolute Gasteiger partial charge is 0.378 e. The Labute approximate surface area is 152 Å². The standard InChI is InChI=1S/C17H22FN3O3.ClH/c18-14-4-2-1-3-13(14)11-16(22)20-6-8-21(9-7-20)17(23)15-12-24-10-5-19-15;/h1-4,15,19H,5-12H2;1H. The maximum atomic E-state index is 13.6. The van der Waals surface area contributed by atoms with E-state index in [1.165, 1.54) is 6.07 Å². The van der Waals surface area contributed by atoms with E-state index >= 15 is 0 Å². The highest BCUT2D eigenvalue weighted by atomic mass is 35.5. The van der Waals surface area contributed by atoms with Crippen LogP contribution in [0.2, 0.25) is 0 Å². The van der Waals surface area contributed by atoms with Gasteiger partial charge < -0.3 is 19.9 Å². The van der Waals surface area contributed by atoms with Gasteiger partial charge in [0.25, 0.3) is 0 Å². The second kappa shape index (κ2) is 9.12. The molecule has 2 aliphatic heterocycles. The molecule has 0 bridgehead atoms. The minimum Gasteiger partial charge on any atom is -0.378 e. The maximum absolute atomic E-state index is 13.6. The molecule has 1 aromatic rings. The Hall–Kier alpha value is -1.70. The zero-order valence-corrected chi connectivity index (χ0v) is 14.8. The van der Waals surface area contributed by atoms with Crippen LogP contribution in [0.4, 0.5) is 4.39 Å². The van der Waals surface area contributed by atoms with Crippen molar-refractivity contribution in [2.45, 2.75) is 12.5 Å². The van der Waals surface area contributed by atoms with Gasteiger partial charge in [-0.1, -0.05) is 18.2 Å². The van der Waals surface area contributed by atoms with E-state index in [2.05, 4.69) is 5.32 Å². The third kappa shape index (κ3) is 4.90. The third-order valence-corrected chi connectivity index (χ3v) is 4.46. The number of amides is 2. The highest BCUT2D eigenvalue weighted by Gasteiger charge is 2.30. The van der Waals surface area contributed by atoms with E-state index in [1.54, 1.807) is 28.0 Å². The van der Waals surface area contributed by atoms with Crippen LogP contribution in [0.15, 0.2) is 24.3 Å². The Morgan fingerprint density at radius 2 is 1.84 bits per heavy atom. The molecule has 0 aliphatic carbocycles. The first kappa shape index (κ1) is 19.6. The minimum absolute atomic E-state index is 0. The van der Waals surface area contributed by atoms with Gasteiger partial charge in [-0.05, 0) is 11.6 Å². The molecule has 2 amide bonds. The Bertz CT molecular complexity index is 603. The predicted octanol–water partition coefficient (Wildman–Crippen LogP) is 0.449. The second-order valence-corrected chi connectivity index (χ2v) is 6.06. The molecule has 8 heteroatoms. The van der Waals surface area contributed by atoms with E-state index in [0.29, 0.717) is 51.5 Å². The molecule has 1 aromatic carbocycles. The number of carbonyl (C=O) groups excluding carboxylic acids is 2. The number of hydrogen-bond acceptors (Lipinski definition) is 4. The van der Waals surface area contributed by atoms with Crippen molar-refractivity contribution in [1.82, 2.24) is 15.1 Å². The Kier molecular flexibility index (Phi) is 7.16. The summed E-state index contributed by atoms with van der Waals surface area (Å²) in [4.78, 5) is 28.2. The van der Waals surface area contributed by atoms with Gasteiger partial charge in [-0.15, -0.1) is 12.4 Å². The highest BCUT2D eigenvalue weighted by molar-refractivity contribution is 5.85. The van der Waals surface area contributed by atoms with Gasteiger partial charge in [-0.2, -0.15) is 0 Å². The van der Waals surface area contributed by atoms with E-state index in [1.807, 2.05) is 0 Å². The van der Waals surface area contributed by atoms with E-state index in [0.717, 1.165) is 0 Å². The molecule has 1 unspecified atom stereocenters. The normalized spacial score (nSPS) is 20.8. The molecule has 2 heterocycles. The SMILES string of the molecule is Cl.O=C(Cc1ccccc1F)N1CCN(C(=O)C2COCCN2)CC1. The molecule has 0 saturated carbocycles. The summed E-state index contributed by atoms with van der Waals surface area (Å²) in [5.41, 5.74) is 0.407. The molecule has 1 atom stereocenters. The van der Waals surface area contributed by atoms with Crippen molar-refractivity contribution in [1.29, 1.82) is 0 Å². The van der Waals surface area contributed by atoms with Crippen LogP contribution in [0, 0.1) is 5.82 Å². The second-order valence-electron chi connectivity index (χ2n) is 6.06. The number of nitrogens with one attached hydrogen (secondary N) is 1. The molecule has 2 fully saturated rings. The van der Waals surface area contributed by atoms with Crippen LogP contribution < -0.4 is 5.32 Å². The van der Waals surface area contributed by atoms with Gasteiger partial charge in [0.05, 0.1) is 19.6 Å². The molecule has 0 radical (unpaired) electrons. The third-order valence-electron chi connectivity index (χ3n) is 4.46. The van der Waals surface area contributed by atoms with Gasteiger partial charge in [0.1, 0.15) is 11.9 Å². The number of halogens is 2. The van der Waals surface area contributed by atoms with Crippen LogP contribution >= 0.6 is 12.4 Å². The molecule has 2 aliphatic rings. The summed E-state index contributed by atoms with van der Waals surface area (Å²) in [7, 11) is 0. The van der Waals surface area contributed by atoms with Gasteiger partial charge in [-0.25, -0.2) is 4.39 Å². The summed E-state index contributed by atoms with van der Waals surface area (Å²) < 4.78 is 19.0. The van der Waals surface area contributed by atoms with Crippen molar-refractivity contribution in [3.63, 3.8) is 0 Å². The quantitative estimate of drug-likeness (QED) is 0.838. The van der Waals surface area contributed by atoms with E-state index < -0.39 is 0 Å². The van der Waals surface area contributed by atoms with Crippen LogP contribution in [0.3, 0.4) is 0 Å². The van der Waals surface area contributed by atoms with Gasteiger partial charge in [0.2, 0.25) is 11.8 Å². The summed E-state index contributed by atoms with van der Waals surface area (Å²) in [6.45, 7) is 3.66. The summed E-state index contributed by atoms with van der Waals surface area (Å²) in [6, 6.07) is 6.03. The first-order valence-electron chi connectivity index (χ1n) is 8.26. The average molecular weight is 372 g/mol. The molecule has 2 saturated heterocycles. The van der Waals surface area contributed by atoms with Crippen molar-refractivity contribution in [3.05, 3.63) is 35.6 Å². The predicted molar refractivity (Wildman–Crippen MR) is 93.1 cm³/mol. The zero-order valence-electron chi connectivity index (χ0n) is 13.9. The molecule has 0 spiro atoms. The summed E-state index contributed by atoms with van der Waals surface area (Å²) in [5.74, 6) is -0.440. The average Bonchev–Trinajstić information content (AvgIpc) is 2.64. The molecule has 25 heavy (non-hydrogen) atoms. The molecular formula is C17H23ClFN3O3. The monoisotopic (exact) mass is 371 g/mol. The fourth-order valence-corrected chi connectivity index (χ4v) is 3.04. The van der Waals surface area contributed by atoms with Gasteiger partial charge in [-0.3, -0.25) is 9.59 Å². The topological polar surface area (TPSA) is 61.9 Å². The molecule has 138 valence electrons. The van der Waals surface area contributed by atoms with Crippen molar-refractivity contribution in [2.24, 2.45) is 0 Å². The minimum atomic E-state index is -0.358. The number of carbonyl (C=O) groups is 2. The highest BCUT2D eigenvalue weighted by Crippen LogP contribution is 2.11. The molecule has 0 aromatic heterocycles. The maximum Gasteiger partial charge on any atom is 0.242 e. The Balaban J connectivity index is 0.00000225. The van der Waals surface area contributed by atoms with Gasteiger partial charge >= 0.3 is 0 Å². The lowest BCUT2D eigenvalue weighted by molar-refractivity contribution is -0.142. The Morgan fingerprint density at radius 1 is 1.16 bits per heavy atom. The number of morpholine rings is 1. The Morgan fingerprint density at radius 3 is 2.48 bits per heavy atom.